The van der Waals surface area contributed by atoms with E-state index in [9.17, 15) is 23.1 Å². The number of hydrogen-bond acceptors (Lipinski definition) is 7. The lowest BCUT2D eigenvalue weighted by atomic mass is 10.1. The van der Waals surface area contributed by atoms with Gasteiger partial charge in [-0.05, 0) is 71.4 Å². The highest BCUT2D eigenvalue weighted by Crippen LogP contribution is 2.29. The summed E-state index contributed by atoms with van der Waals surface area (Å²) in [6.07, 6.45) is -1.48. The number of phenolic OH excluding ortho intramolecular Hbond substituents is 1. The number of aromatic hydroxyl groups is 1. The Balaban J connectivity index is 2.46. The number of rotatable bonds is 7. The van der Waals surface area contributed by atoms with Gasteiger partial charge >= 0.3 is 12.1 Å². The molecule has 0 radical (unpaired) electrons. The molecular weight excluding hydrogens is 446 g/mol. The Hall–Kier alpha value is -3.07. The van der Waals surface area contributed by atoms with Gasteiger partial charge in [0.1, 0.15) is 17.4 Å². The lowest BCUT2D eigenvalue weighted by Crippen LogP contribution is -2.46. The van der Waals surface area contributed by atoms with Crippen LogP contribution in [-0.4, -0.2) is 43.3 Å². The minimum atomic E-state index is -4.02. The summed E-state index contributed by atoms with van der Waals surface area (Å²) in [7, 11) is -4.02. The van der Waals surface area contributed by atoms with Crippen molar-refractivity contribution in [2.75, 3.05) is 0 Å². The number of carbonyl (C=O) groups excluding carboxylic acids is 2. The molecule has 0 aromatic heterocycles. The van der Waals surface area contributed by atoms with Crippen LogP contribution < -0.4 is 5.32 Å². The van der Waals surface area contributed by atoms with E-state index in [-0.39, 0.29) is 27.5 Å². The third-order valence-electron chi connectivity index (χ3n) is 4.42. The van der Waals surface area contributed by atoms with E-state index in [0.717, 1.165) is 11.6 Å². The van der Waals surface area contributed by atoms with E-state index >= 15 is 0 Å². The summed E-state index contributed by atoms with van der Waals surface area (Å²) in [5.41, 5.74) is 0.327. The minimum Gasteiger partial charge on any atom is -0.508 e. The van der Waals surface area contributed by atoms with Crippen molar-refractivity contribution in [2.24, 2.45) is 0 Å². The number of benzene rings is 2. The van der Waals surface area contributed by atoms with Gasteiger partial charge in [-0.1, -0.05) is 23.8 Å². The second-order valence-electron chi connectivity index (χ2n) is 9.00. The van der Waals surface area contributed by atoms with E-state index < -0.39 is 39.6 Å². The maximum atomic E-state index is 13.3. The SMILES string of the molecule is Cc1ccc(S(=O)(=O)c2cc(O)ccc2C[C@H](NC(=O)OC(C)(C)C)C(=O)OC(C)C)cc1. The van der Waals surface area contributed by atoms with Gasteiger partial charge < -0.3 is 19.9 Å². The first-order chi connectivity index (χ1) is 15.2. The molecule has 8 nitrogen and oxygen atoms in total. The van der Waals surface area contributed by atoms with Crippen LogP contribution in [0, 0.1) is 6.92 Å². The van der Waals surface area contributed by atoms with Crippen molar-refractivity contribution in [3.63, 3.8) is 0 Å². The fraction of sp³-hybridized carbons (Fsp3) is 0.417. The van der Waals surface area contributed by atoms with Crippen LogP contribution in [0.5, 0.6) is 5.75 Å². The summed E-state index contributed by atoms with van der Waals surface area (Å²) >= 11 is 0. The van der Waals surface area contributed by atoms with Gasteiger partial charge in [0.05, 0.1) is 15.9 Å². The highest BCUT2D eigenvalue weighted by Gasteiger charge is 2.30. The molecule has 0 aliphatic heterocycles. The standard InChI is InChI=1S/C24H31NO7S/c1-15(2)31-22(27)20(25-23(28)32-24(4,5)6)13-17-9-10-18(26)14-21(17)33(29,30)19-11-7-16(3)8-12-19/h7-12,14-15,20,26H,13H2,1-6H3,(H,25,28)/t20-/m0/s1. The number of carbonyl (C=O) groups is 2. The Morgan fingerprint density at radius 2 is 1.67 bits per heavy atom. The summed E-state index contributed by atoms with van der Waals surface area (Å²) in [6, 6.07) is 8.93. The highest BCUT2D eigenvalue weighted by molar-refractivity contribution is 7.91. The van der Waals surface area contributed by atoms with Gasteiger partial charge in [0.25, 0.3) is 0 Å². The summed E-state index contributed by atoms with van der Waals surface area (Å²) in [5.74, 6) is -0.978. The van der Waals surface area contributed by atoms with Crippen molar-refractivity contribution < 1.29 is 32.6 Å². The second kappa shape index (κ2) is 10.2. The van der Waals surface area contributed by atoms with Crippen LogP contribution in [-0.2, 0) is 30.5 Å². The second-order valence-corrected chi connectivity index (χ2v) is 10.9. The first kappa shape index (κ1) is 26.2. The molecule has 0 bridgehead atoms. The molecule has 0 fully saturated rings. The number of ether oxygens (including phenoxy) is 2. The maximum Gasteiger partial charge on any atom is 0.408 e. The van der Waals surface area contributed by atoms with Crippen LogP contribution in [0.1, 0.15) is 45.7 Å². The molecule has 1 amide bonds. The first-order valence-corrected chi connectivity index (χ1v) is 12.0. The molecule has 2 rings (SSSR count). The zero-order chi connectivity index (χ0) is 25.0. The van der Waals surface area contributed by atoms with Gasteiger partial charge in [0, 0.05) is 6.42 Å². The number of nitrogens with one attached hydrogen (secondary N) is 1. The van der Waals surface area contributed by atoms with Crippen molar-refractivity contribution in [2.45, 2.75) is 75.5 Å². The average molecular weight is 478 g/mol. The molecule has 2 aromatic carbocycles. The molecule has 2 N–H and O–H groups in total. The Bertz CT molecular complexity index is 1100. The molecule has 0 aliphatic rings. The summed E-state index contributed by atoms with van der Waals surface area (Å²) < 4.78 is 37.1. The van der Waals surface area contributed by atoms with Crippen molar-refractivity contribution in [1.82, 2.24) is 5.32 Å². The molecule has 2 aromatic rings. The van der Waals surface area contributed by atoms with Crippen molar-refractivity contribution in [3.8, 4) is 5.75 Å². The fourth-order valence-corrected chi connectivity index (χ4v) is 4.50. The van der Waals surface area contributed by atoms with Crippen molar-refractivity contribution in [1.29, 1.82) is 0 Å². The molecule has 33 heavy (non-hydrogen) atoms. The zero-order valence-corrected chi connectivity index (χ0v) is 20.5. The number of esters is 1. The lowest BCUT2D eigenvalue weighted by molar-refractivity contribution is -0.150. The van der Waals surface area contributed by atoms with E-state index in [1.165, 1.54) is 24.3 Å². The van der Waals surface area contributed by atoms with E-state index in [4.69, 9.17) is 9.47 Å². The van der Waals surface area contributed by atoms with Crippen LogP contribution in [0.15, 0.2) is 52.3 Å². The number of alkyl carbamates (subject to hydrolysis) is 1. The van der Waals surface area contributed by atoms with E-state index in [0.29, 0.717) is 0 Å². The van der Waals surface area contributed by atoms with E-state index in [1.807, 2.05) is 6.92 Å². The Kier molecular flexibility index (Phi) is 8.13. The molecule has 180 valence electrons. The summed E-state index contributed by atoms with van der Waals surface area (Å²) in [4.78, 5) is 24.9. The molecular formula is C24H31NO7S. The van der Waals surface area contributed by atoms with Gasteiger partial charge in [0.2, 0.25) is 9.84 Å². The quantitative estimate of drug-likeness (QED) is 0.580. The Morgan fingerprint density at radius 1 is 1.06 bits per heavy atom. The molecule has 9 heteroatoms. The van der Waals surface area contributed by atoms with Crippen molar-refractivity contribution >= 4 is 21.9 Å². The molecule has 0 unspecified atom stereocenters. The van der Waals surface area contributed by atoms with Crippen LogP contribution in [0.25, 0.3) is 0 Å². The van der Waals surface area contributed by atoms with Crippen molar-refractivity contribution in [3.05, 3.63) is 53.6 Å². The number of phenols is 1. The van der Waals surface area contributed by atoms with Crippen LogP contribution >= 0.6 is 0 Å². The molecule has 1 atom stereocenters. The van der Waals surface area contributed by atoms with Gasteiger partial charge in [-0.3, -0.25) is 0 Å². The van der Waals surface area contributed by atoms with Gasteiger partial charge in [-0.15, -0.1) is 0 Å². The summed E-state index contributed by atoms with van der Waals surface area (Å²) in [6.45, 7) is 10.2. The normalized spacial score (nSPS) is 12.8. The summed E-state index contributed by atoms with van der Waals surface area (Å²) in [5, 5.41) is 12.5. The van der Waals surface area contributed by atoms with Crippen LogP contribution in [0.3, 0.4) is 0 Å². The smallest absolute Gasteiger partial charge is 0.408 e. The highest BCUT2D eigenvalue weighted by atomic mass is 32.2. The molecule has 0 spiro atoms. The monoisotopic (exact) mass is 477 g/mol. The maximum absolute atomic E-state index is 13.3. The minimum absolute atomic E-state index is 0.0429. The lowest BCUT2D eigenvalue weighted by Gasteiger charge is -2.24. The number of amides is 1. The fourth-order valence-electron chi connectivity index (χ4n) is 2.98. The third kappa shape index (κ3) is 7.49. The first-order valence-electron chi connectivity index (χ1n) is 10.5. The molecule has 0 heterocycles. The number of hydrogen-bond donors (Lipinski definition) is 2. The van der Waals surface area contributed by atoms with Crippen LogP contribution in [0.2, 0.25) is 0 Å². The van der Waals surface area contributed by atoms with E-state index in [2.05, 4.69) is 5.32 Å². The topological polar surface area (TPSA) is 119 Å². The zero-order valence-electron chi connectivity index (χ0n) is 19.7. The van der Waals surface area contributed by atoms with Gasteiger partial charge in [-0.25, -0.2) is 18.0 Å². The molecule has 0 saturated carbocycles. The molecule has 0 saturated heterocycles. The van der Waals surface area contributed by atoms with Gasteiger partial charge in [-0.2, -0.15) is 0 Å². The van der Waals surface area contributed by atoms with Gasteiger partial charge in [0.15, 0.2) is 0 Å². The third-order valence-corrected chi connectivity index (χ3v) is 6.27. The number of sulfone groups is 1. The molecule has 0 aliphatic carbocycles. The van der Waals surface area contributed by atoms with Crippen LogP contribution in [0.4, 0.5) is 4.79 Å². The predicted octanol–water partition coefficient (Wildman–Crippen LogP) is 3.92. The average Bonchev–Trinajstić information content (AvgIpc) is 2.67. The van der Waals surface area contributed by atoms with E-state index in [1.54, 1.807) is 46.8 Å². The Labute approximate surface area is 194 Å². The number of aryl methyl sites for hydroxylation is 1. The largest absolute Gasteiger partial charge is 0.508 e. The Morgan fingerprint density at radius 3 is 2.21 bits per heavy atom. The predicted molar refractivity (Wildman–Crippen MR) is 123 cm³/mol.